The van der Waals surface area contributed by atoms with Crippen LogP contribution in [0.3, 0.4) is 0 Å². The van der Waals surface area contributed by atoms with E-state index >= 15 is 0 Å². The first-order chi connectivity index (χ1) is 10.1. The molecule has 1 aromatic heterocycles. The second-order valence-electron chi connectivity index (χ2n) is 4.80. The molecule has 1 fully saturated rings. The number of thioether (sulfide) groups is 1. The lowest BCUT2D eigenvalue weighted by Crippen LogP contribution is -2.27. The molecule has 1 aliphatic heterocycles. The SMILES string of the molecule is Cn1cccc1C=C1SC(=S)N(Cc2ccccc2)C1=O. The van der Waals surface area contributed by atoms with E-state index in [1.165, 1.54) is 11.8 Å². The zero-order chi connectivity index (χ0) is 14.8. The monoisotopic (exact) mass is 314 g/mol. The van der Waals surface area contributed by atoms with Crippen molar-refractivity contribution in [1.82, 2.24) is 9.47 Å². The molecule has 1 saturated heterocycles. The first-order valence-corrected chi connectivity index (χ1v) is 7.78. The largest absolute Gasteiger partial charge is 0.351 e. The molecule has 0 spiro atoms. The summed E-state index contributed by atoms with van der Waals surface area (Å²) in [5.74, 6) is -0.0185. The predicted octanol–water partition coefficient (Wildman–Crippen LogP) is 3.43. The Morgan fingerprint density at radius 3 is 2.62 bits per heavy atom. The minimum Gasteiger partial charge on any atom is -0.351 e. The minimum atomic E-state index is -0.0185. The Hall–Kier alpha value is -1.85. The first kappa shape index (κ1) is 14.1. The van der Waals surface area contributed by atoms with Crippen LogP contribution < -0.4 is 0 Å². The molecule has 3 rings (SSSR count). The van der Waals surface area contributed by atoms with Gasteiger partial charge < -0.3 is 4.57 Å². The summed E-state index contributed by atoms with van der Waals surface area (Å²) in [5.41, 5.74) is 2.07. The maximum atomic E-state index is 12.5. The van der Waals surface area contributed by atoms with Crippen molar-refractivity contribution >= 4 is 40.3 Å². The second kappa shape index (κ2) is 5.87. The third-order valence-electron chi connectivity index (χ3n) is 3.32. The van der Waals surface area contributed by atoms with Gasteiger partial charge in [-0.15, -0.1) is 0 Å². The van der Waals surface area contributed by atoms with Gasteiger partial charge in [0, 0.05) is 18.9 Å². The maximum absolute atomic E-state index is 12.5. The van der Waals surface area contributed by atoms with E-state index in [4.69, 9.17) is 12.2 Å². The third-order valence-corrected chi connectivity index (χ3v) is 4.70. The van der Waals surface area contributed by atoms with Gasteiger partial charge in [0.25, 0.3) is 5.91 Å². The highest BCUT2D eigenvalue weighted by Crippen LogP contribution is 2.33. The maximum Gasteiger partial charge on any atom is 0.266 e. The number of hydrogen-bond acceptors (Lipinski definition) is 3. The van der Waals surface area contributed by atoms with Crippen LogP contribution in [-0.2, 0) is 18.4 Å². The normalized spacial score (nSPS) is 17.0. The van der Waals surface area contributed by atoms with Crippen molar-refractivity contribution in [2.24, 2.45) is 7.05 Å². The Labute approximate surface area is 133 Å². The number of amides is 1. The van der Waals surface area contributed by atoms with Crippen molar-refractivity contribution < 1.29 is 4.79 Å². The van der Waals surface area contributed by atoms with Crippen LogP contribution in [0.15, 0.2) is 53.6 Å². The molecule has 2 heterocycles. The van der Waals surface area contributed by atoms with Gasteiger partial charge in [-0.2, -0.15) is 0 Å². The molecule has 0 radical (unpaired) electrons. The van der Waals surface area contributed by atoms with E-state index in [0.717, 1.165) is 11.3 Å². The molecule has 0 saturated carbocycles. The molecular formula is C16H14N2OS2. The minimum absolute atomic E-state index is 0.0185. The van der Waals surface area contributed by atoms with E-state index in [1.807, 2.05) is 66.4 Å². The number of thiocarbonyl (C=S) groups is 1. The van der Waals surface area contributed by atoms with Gasteiger partial charge in [0.15, 0.2) is 0 Å². The molecule has 5 heteroatoms. The van der Waals surface area contributed by atoms with Crippen molar-refractivity contribution in [3.8, 4) is 0 Å². The van der Waals surface area contributed by atoms with E-state index in [2.05, 4.69) is 0 Å². The average molecular weight is 314 g/mol. The zero-order valence-electron chi connectivity index (χ0n) is 11.5. The molecule has 0 unspecified atom stereocenters. The lowest BCUT2D eigenvalue weighted by atomic mass is 10.2. The van der Waals surface area contributed by atoms with Crippen LogP contribution in [0.4, 0.5) is 0 Å². The standard InChI is InChI=1S/C16H14N2OS2/c1-17-9-5-8-13(17)10-14-15(19)18(16(20)21-14)11-12-6-3-2-4-7-12/h2-10H,11H2,1H3. The molecule has 106 valence electrons. The van der Waals surface area contributed by atoms with Gasteiger partial charge in [-0.1, -0.05) is 54.3 Å². The van der Waals surface area contributed by atoms with Gasteiger partial charge in [0.1, 0.15) is 4.32 Å². The van der Waals surface area contributed by atoms with Crippen molar-refractivity contribution in [2.45, 2.75) is 6.54 Å². The van der Waals surface area contributed by atoms with Gasteiger partial charge in [-0.25, -0.2) is 0 Å². The fraction of sp³-hybridized carbons (Fsp3) is 0.125. The van der Waals surface area contributed by atoms with E-state index in [1.54, 1.807) is 4.90 Å². The van der Waals surface area contributed by atoms with Crippen molar-refractivity contribution in [2.75, 3.05) is 0 Å². The van der Waals surface area contributed by atoms with Gasteiger partial charge >= 0.3 is 0 Å². The number of nitrogens with zero attached hydrogens (tertiary/aromatic N) is 2. The predicted molar refractivity (Wildman–Crippen MR) is 90.6 cm³/mol. The molecule has 0 N–H and O–H groups in total. The van der Waals surface area contributed by atoms with Gasteiger partial charge in [-0.05, 0) is 23.8 Å². The average Bonchev–Trinajstić information content (AvgIpc) is 2.99. The summed E-state index contributed by atoms with van der Waals surface area (Å²) in [6.07, 6.45) is 3.85. The highest BCUT2D eigenvalue weighted by atomic mass is 32.2. The third kappa shape index (κ3) is 2.94. The fourth-order valence-electron chi connectivity index (χ4n) is 2.16. The summed E-state index contributed by atoms with van der Waals surface area (Å²) >= 11 is 6.71. The first-order valence-electron chi connectivity index (χ1n) is 6.56. The van der Waals surface area contributed by atoms with Gasteiger partial charge in [0.2, 0.25) is 0 Å². The number of aryl methyl sites for hydroxylation is 1. The van der Waals surface area contributed by atoms with Gasteiger partial charge in [0.05, 0.1) is 11.4 Å². The highest BCUT2D eigenvalue weighted by molar-refractivity contribution is 8.26. The quantitative estimate of drug-likeness (QED) is 0.641. The van der Waals surface area contributed by atoms with Crippen molar-refractivity contribution in [3.05, 3.63) is 64.8 Å². The molecule has 1 amide bonds. The van der Waals surface area contributed by atoms with Crippen LogP contribution in [0.1, 0.15) is 11.3 Å². The Morgan fingerprint density at radius 1 is 1.19 bits per heavy atom. The van der Waals surface area contributed by atoms with Crippen LogP contribution >= 0.6 is 24.0 Å². The molecule has 1 aliphatic rings. The van der Waals surface area contributed by atoms with E-state index in [-0.39, 0.29) is 5.91 Å². The molecule has 0 aliphatic carbocycles. The Balaban J connectivity index is 1.83. The topological polar surface area (TPSA) is 25.2 Å². The number of aromatic nitrogens is 1. The Bertz CT molecular complexity index is 719. The molecule has 1 aromatic carbocycles. The fourth-order valence-corrected chi connectivity index (χ4v) is 3.40. The van der Waals surface area contributed by atoms with Gasteiger partial charge in [-0.3, -0.25) is 9.69 Å². The summed E-state index contributed by atoms with van der Waals surface area (Å²) in [7, 11) is 1.95. The highest BCUT2D eigenvalue weighted by Gasteiger charge is 2.32. The summed E-state index contributed by atoms with van der Waals surface area (Å²) in [4.78, 5) is 14.8. The van der Waals surface area contributed by atoms with Crippen LogP contribution in [0, 0.1) is 0 Å². The lowest BCUT2D eigenvalue weighted by molar-refractivity contribution is -0.122. The smallest absolute Gasteiger partial charge is 0.266 e. The molecule has 0 bridgehead atoms. The van der Waals surface area contributed by atoms with E-state index in [0.29, 0.717) is 15.8 Å². The summed E-state index contributed by atoms with van der Waals surface area (Å²) in [6.45, 7) is 0.524. The number of carbonyl (C=O) groups is 1. The Kier molecular flexibility index (Phi) is 3.94. The lowest BCUT2D eigenvalue weighted by Gasteiger charge is -2.14. The molecule has 0 atom stereocenters. The number of hydrogen-bond donors (Lipinski definition) is 0. The zero-order valence-corrected chi connectivity index (χ0v) is 13.2. The second-order valence-corrected chi connectivity index (χ2v) is 6.47. The molecule has 3 nitrogen and oxygen atoms in total. The number of benzene rings is 1. The molecule has 2 aromatic rings. The Morgan fingerprint density at radius 2 is 1.95 bits per heavy atom. The summed E-state index contributed by atoms with van der Waals surface area (Å²) in [5, 5.41) is 0. The van der Waals surface area contributed by atoms with E-state index < -0.39 is 0 Å². The van der Waals surface area contributed by atoms with E-state index in [9.17, 15) is 4.79 Å². The van der Waals surface area contributed by atoms with Crippen LogP contribution in [0.2, 0.25) is 0 Å². The molecule has 21 heavy (non-hydrogen) atoms. The summed E-state index contributed by atoms with van der Waals surface area (Å²) < 4.78 is 2.59. The van der Waals surface area contributed by atoms with Crippen molar-refractivity contribution in [3.63, 3.8) is 0 Å². The number of rotatable bonds is 3. The van der Waals surface area contributed by atoms with Crippen LogP contribution in [-0.4, -0.2) is 19.7 Å². The van der Waals surface area contributed by atoms with Crippen LogP contribution in [0.25, 0.3) is 6.08 Å². The molecular weight excluding hydrogens is 300 g/mol. The van der Waals surface area contributed by atoms with Crippen LogP contribution in [0.5, 0.6) is 0 Å². The van der Waals surface area contributed by atoms with Crippen molar-refractivity contribution in [1.29, 1.82) is 0 Å². The summed E-state index contributed by atoms with van der Waals surface area (Å²) in [6, 6.07) is 13.8. The number of carbonyl (C=O) groups excluding carboxylic acids is 1.